The molecule has 1 atom stereocenters. The average molecular weight is 518 g/mol. The van der Waals surface area contributed by atoms with Gasteiger partial charge in [-0.05, 0) is 18.1 Å². The number of alkyl halides is 3. The first-order chi connectivity index (χ1) is 18.3. The van der Waals surface area contributed by atoms with Crippen molar-refractivity contribution in [2.75, 3.05) is 5.32 Å². The summed E-state index contributed by atoms with van der Waals surface area (Å²) in [4.78, 5) is 21.8. The SMILES string of the molecule is CC/C=C/c1cc(C(F)(F)F)cnc1-c1nnc(N[C@H]2N=C(c3ccccc3)c3ccccc3CC2=O)o1. The number of carbonyl (C=O) groups is 1. The highest BCUT2D eigenvalue weighted by atomic mass is 19.4. The fraction of sp³-hybridized carbons (Fsp3) is 0.179. The monoisotopic (exact) mass is 517 g/mol. The van der Waals surface area contributed by atoms with Crippen molar-refractivity contribution in [3.8, 4) is 11.6 Å². The summed E-state index contributed by atoms with van der Waals surface area (Å²) in [5, 5.41) is 10.8. The van der Waals surface area contributed by atoms with Crippen molar-refractivity contribution in [3.63, 3.8) is 0 Å². The van der Waals surface area contributed by atoms with E-state index in [1.54, 1.807) is 6.08 Å². The predicted octanol–water partition coefficient (Wildman–Crippen LogP) is 5.97. The van der Waals surface area contributed by atoms with Crippen LogP contribution in [0.1, 0.15) is 41.2 Å². The van der Waals surface area contributed by atoms with Crippen molar-refractivity contribution in [1.29, 1.82) is 0 Å². The molecule has 38 heavy (non-hydrogen) atoms. The zero-order chi connectivity index (χ0) is 26.7. The van der Waals surface area contributed by atoms with E-state index in [4.69, 9.17) is 9.41 Å². The molecule has 1 aliphatic rings. The van der Waals surface area contributed by atoms with Gasteiger partial charge in [0.05, 0.1) is 11.3 Å². The van der Waals surface area contributed by atoms with Gasteiger partial charge in [0.15, 0.2) is 11.9 Å². The summed E-state index contributed by atoms with van der Waals surface area (Å²) >= 11 is 0. The summed E-state index contributed by atoms with van der Waals surface area (Å²) in [6.45, 7) is 1.86. The average Bonchev–Trinajstić information content (AvgIpc) is 3.33. The number of allylic oxidation sites excluding steroid dienone is 1. The highest BCUT2D eigenvalue weighted by molar-refractivity contribution is 6.16. The first kappa shape index (κ1) is 25.1. The number of nitrogens with one attached hydrogen (secondary N) is 1. The number of anilines is 1. The molecule has 0 fully saturated rings. The summed E-state index contributed by atoms with van der Waals surface area (Å²) in [5.41, 5.74) is 2.57. The topological polar surface area (TPSA) is 93.3 Å². The van der Waals surface area contributed by atoms with Crippen molar-refractivity contribution in [2.45, 2.75) is 32.1 Å². The maximum atomic E-state index is 13.2. The highest BCUT2D eigenvalue weighted by Gasteiger charge is 2.32. The minimum absolute atomic E-state index is 0.0893. The Labute approximate surface area is 216 Å². The maximum absolute atomic E-state index is 13.2. The predicted molar refractivity (Wildman–Crippen MR) is 137 cm³/mol. The normalized spacial score (nSPS) is 15.7. The standard InChI is InChI=1S/C28H22F3N5O2/c1-2-3-9-19-14-20(28(29,30)31)16-32-24(19)26-35-36-27(38-26)34-25-22(37)15-18-12-7-8-13-21(18)23(33-25)17-10-5-4-6-11-17/h3-14,16,25H,2,15H2,1H3,(H,34,36)/b9-3+/t25-/m1/s1. The molecule has 0 radical (unpaired) electrons. The van der Waals surface area contributed by atoms with Crippen LogP contribution >= 0.6 is 0 Å². The van der Waals surface area contributed by atoms with Gasteiger partial charge in [-0.1, -0.05) is 78.8 Å². The van der Waals surface area contributed by atoms with Gasteiger partial charge in [0.25, 0.3) is 5.89 Å². The van der Waals surface area contributed by atoms with Crippen molar-refractivity contribution in [1.82, 2.24) is 15.2 Å². The Balaban J connectivity index is 1.49. The van der Waals surface area contributed by atoms with E-state index in [2.05, 4.69) is 20.5 Å². The van der Waals surface area contributed by atoms with Gasteiger partial charge in [-0.2, -0.15) is 13.2 Å². The van der Waals surface area contributed by atoms with E-state index in [0.29, 0.717) is 12.1 Å². The molecule has 192 valence electrons. The molecule has 0 saturated carbocycles. The zero-order valence-electron chi connectivity index (χ0n) is 20.2. The second kappa shape index (κ2) is 10.4. The number of aliphatic imine (C=N–C) groups is 1. The fourth-order valence-corrected chi connectivity index (χ4v) is 4.08. The first-order valence-corrected chi connectivity index (χ1v) is 11.9. The molecule has 0 aliphatic carbocycles. The molecule has 2 aromatic carbocycles. The molecule has 4 aromatic rings. The number of rotatable bonds is 6. The van der Waals surface area contributed by atoms with Crippen molar-refractivity contribution < 1.29 is 22.4 Å². The van der Waals surface area contributed by atoms with Crippen molar-refractivity contribution >= 4 is 23.6 Å². The van der Waals surface area contributed by atoms with Crippen LogP contribution in [-0.2, 0) is 17.4 Å². The summed E-state index contributed by atoms with van der Waals surface area (Å²) in [7, 11) is 0. The quantitative estimate of drug-likeness (QED) is 0.339. The Morgan fingerprint density at radius 2 is 1.84 bits per heavy atom. The van der Waals surface area contributed by atoms with E-state index >= 15 is 0 Å². The van der Waals surface area contributed by atoms with E-state index in [1.807, 2.05) is 61.5 Å². The molecular formula is C28H22F3N5O2. The van der Waals surface area contributed by atoms with E-state index in [9.17, 15) is 18.0 Å². The van der Waals surface area contributed by atoms with Crippen LogP contribution in [0.2, 0.25) is 0 Å². The lowest BCUT2D eigenvalue weighted by atomic mass is 9.96. The number of halogens is 3. The van der Waals surface area contributed by atoms with E-state index in [1.165, 1.54) is 6.08 Å². The molecule has 0 amide bonds. The van der Waals surface area contributed by atoms with Crippen LogP contribution in [0.5, 0.6) is 0 Å². The van der Waals surface area contributed by atoms with Gasteiger partial charge in [-0.3, -0.25) is 9.79 Å². The summed E-state index contributed by atoms with van der Waals surface area (Å²) in [6, 6.07) is 17.9. The Bertz CT molecular complexity index is 1530. The number of benzene rings is 2. The molecule has 1 aliphatic heterocycles. The number of Topliss-reactive ketones (excluding diaryl/α,β-unsaturated/α-hetero) is 1. The second-order valence-electron chi connectivity index (χ2n) is 8.57. The molecule has 0 saturated heterocycles. The van der Waals surface area contributed by atoms with Gasteiger partial charge in [-0.25, -0.2) is 4.98 Å². The molecule has 7 nitrogen and oxygen atoms in total. The summed E-state index contributed by atoms with van der Waals surface area (Å²) in [5.74, 6) is -0.295. The number of pyridine rings is 1. The van der Waals surface area contributed by atoms with E-state index in [0.717, 1.165) is 29.0 Å². The van der Waals surface area contributed by atoms with Gasteiger partial charge in [-0.15, -0.1) is 5.10 Å². The molecule has 3 heterocycles. The number of hydrogen-bond donors (Lipinski definition) is 1. The summed E-state index contributed by atoms with van der Waals surface area (Å²) < 4.78 is 45.4. The van der Waals surface area contributed by atoms with Crippen LogP contribution in [0.3, 0.4) is 0 Å². The van der Waals surface area contributed by atoms with Gasteiger partial charge in [0.1, 0.15) is 5.69 Å². The molecular weight excluding hydrogens is 495 g/mol. The molecule has 0 bridgehead atoms. The molecule has 0 spiro atoms. The van der Waals surface area contributed by atoms with Crippen LogP contribution in [-0.4, -0.2) is 32.8 Å². The van der Waals surface area contributed by atoms with E-state index < -0.39 is 17.9 Å². The second-order valence-corrected chi connectivity index (χ2v) is 8.57. The van der Waals surface area contributed by atoms with Crippen LogP contribution in [0, 0.1) is 0 Å². The van der Waals surface area contributed by atoms with Crippen LogP contribution in [0.15, 0.2) is 82.3 Å². The van der Waals surface area contributed by atoms with Gasteiger partial charge in [0, 0.05) is 29.3 Å². The minimum Gasteiger partial charge on any atom is -0.402 e. The molecule has 1 N–H and O–H groups in total. The fourth-order valence-electron chi connectivity index (χ4n) is 4.08. The lowest BCUT2D eigenvalue weighted by Gasteiger charge is -2.12. The number of carbonyl (C=O) groups excluding carboxylic acids is 1. The number of fused-ring (bicyclic) bond motifs is 1. The molecule has 2 aromatic heterocycles. The Morgan fingerprint density at radius 1 is 1.08 bits per heavy atom. The number of hydrogen-bond acceptors (Lipinski definition) is 7. The highest BCUT2D eigenvalue weighted by Crippen LogP contribution is 2.33. The maximum Gasteiger partial charge on any atom is 0.417 e. The lowest BCUT2D eigenvalue weighted by molar-refractivity contribution is -0.137. The van der Waals surface area contributed by atoms with Gasteiger partial charge < -0.3 is 9.73 Å². The largest absolute Gasteiger partial charge is 0.417 e. The zero-order valence-corrected chi connectivity index (χ0v) is 20.2. The minimum atomic E-state index is -4.55. The number of nitrogens with zero attached hydrogens (tertiary/aromatic N) is 4. The van der Waals surface area contributed by atoms with Crippen LogP contribution < -0.4 is 5.32 Å². The molecule has 10 heteroatoms. The third-order valence-electron chi connectivity index (χ3n) is 5.91. The van der Waals surface area contributed by atoms with Crippen LogP contribution in [0.4, 0.5) is 19.2 Å². The third-order valence-corrected chi connectivity index (χ3v) is 5.91. The Morgan fingerprint density at radius 3 is 2.61 bits per heavy atom. The number of ketones is 1. The summed E-state index contributed by atoms with van der Waals surface area (Å²) in [6.07, 6.45) is -0.867. The lowest BCUT2D eigenvalue weighted by Crippen LogP contribution is -2.29. The molecule has 0 unspecified atom stereocenters. The number of aromatic nitrogens is 3. The van der Waals surface area contributed by atoms with Crippen molar-refractivity contribution in [2.24, 2.45) is 4.99 Å². The Hall–Kier alpha value is -4.60. The van der Waals surface area contributed by atoms with Crippen molar-refractivity contribution in [3.05, 3.63) is 101 Å². The Kier molecular flexibility index (Phi) is 6.87. The third kappa shape index (κ3) is 5.24. The van der Waals surface area contributed by atoms with Gasteiger partial charge >= 0.3 is 12.2 Å². The first-order valence-electron chi connectivity index (χ1n) is 11.9. The molecule has 5 rings (SSSR count). The van der Waals surface area contributed by atoms with E-state index in [-0.39, 0.29) is 35.4 Å². The van der Waals surface area contributed by atoms with Crippen LogP contribution in [0.25, 0.3) is 17.7 Å². The van der Waals surface area contributed by atoms with Gasteiger partial charge in [0.2, 0.25) is 0 Å². The smallest absolute Gasteiger partial charge is 0.402 e.